The number of unbranched alkanes of at least 4 members (excludes halogenated alkanes) is 3. The molecule has 0 fully saturated rings. The minimum atomic E-state index is 0.958. The van der Waals surface area contributed by atoms with Crippen LogP contribution in [0.25, 0.3) is 21.9 Å². The quantitative estimate of drug-likeness (QED) is 0.352. The molecule has 0 amide bonds. The van der Waals surface area contributed by atoms with Crippen molar-refractivity contribution < 1.29 is 4.42 Å². The lowest BCUT2D eigenvalue weighted by molar-refractivity contribution is 0.664. The Morgan fingerprint density at radius 3 is 2.46 bits per heavy atom. The number of benzene rings is 3. The molecular weight excluding hydrogens is 318 g/mol. The maximum absolute atomic E-state index is 6.26. The first-order valence-electron chi connectivity index (χ1n) is 9.62. The SMILES string of the molecule is CCCCCCc1ccc(Nc2ccccc2)c2oc3ccccc3c12. The van der Waals surface area contributed by atoms with E-state index in [1.807, 2.05) is 24.3 Å². The molecule has 0 unspecified atom stereocenters. The minimum absolute atomic E-state index is 0.958. The van der Waals surface area contributed by atoms with Crippen molar-refractivity contribution in [2.75, 3.05) is 5.32 Å². The molecule has 4 aromatic rings. The number of rotatable bonds is 7. The molecule has 0 radical (unpaired) electrons. The molecule has 0 aliphatic rings. The van der Waals surface area contributed by atoms with Crippen molar-refractivity contribution >= 4 is 33.3 Å². The van der Waals surface area contributed by atoms with E-state index in [0.29, 0.717) is 0 Å². The molecular formula is C24H25NO. The molecule has 0 aliphatic carbocycles. The first kappa shape index (κ1) is 16.7. The molecule has 2 nitrogen and oxygen atoms in total. The van der Waals surface area contributed by atoms with Crippen LogP contribution in [-0.4, -0.2) is 0 Å². The van der Waals surface area contributed by atoms with Gasteiger partial charge >= 0.3 is 0 Å². The van der Waals surface area contributed by atoms with E-state index in [-0.39, 0.29) is 0 Å². The van der Waals surface area contributed by atoms with E-state index >= 15 is 0 Å². The second-order valence-electron chi connectivity index (χ2n) is 6.88. The van der Waals surface area contributed by atoms with Crippen LogP contribution in [-0.2, 0) is 6.42 Å². The van der Waals surface area contributed by atoms with Crippen LogP contribution in [0.15, 0.2) is 71.1 Å². The van der Waals surface area contributed by atoms with Crippen molar-refractivity contribution in [3.05, 3.63) is 72.3 Å². The van der Waals surface area contributed by atoms with Crippen LogP contribution in [0.2, 0.25) is 0 Å². The Morgan fingerprint density at radius 2 is 1.62 bits per heavy atom. The van der Waals surface area contributed by atoms with Gasteiger partial charge in [0.1, 0.15) is 5.58 Å². The molecule has 132 valence electrons. The zero-order chi connectivity index (χ0) is 17.8. The number of nitrogens with one attached hydrogen (secondary N) is 1. The van der Waals surface area contributed by atoms with Crippen molar-refractivity contribution in [3.63, 3.8) is 0 Å². The molecule has 0 saturated heterocycles. The molecule has 2 heteroatoms. The van der Waals surface area contributed by atoms with Crippen LogP contribution in [0.4, 0.5) is 11.4 Å². The molecule has 26 heavy (non-hydrogen) atoms. The smallest absolute Gasteiger partial charge is 0.159 e. The van der Waals surface area contributed by atoms with Crippen LogP contribution in [0.5, 0.6) is 0 Å². The van der Waals surface area contributed by atoms with Crippen molar-refractivity contribution in [2.45, 2.75) is 39.0 Å². The Hall–Kier alpha value is -2.74. The van der Waals surface area contributed by atoms with Gasteiger partial charge in [-0.05, 0) is 42.7 Å². The Labute approximate surface area is 154 Å². The van der Waals surface area contributed by atoms with E-state index in [4.69, 9.17) is 4.42 Å². The number of hydrogen-bond donors (Lipinski definition) is 1. The van der Waals surface area contributed by atoms with Crippen LogP contribution in [0, 0.1) is 0 Å². The average molecular weight is 343 g/mol. The summed E-state index contributed by atoms with van der Waals surface area (Å²) in [7, 11) is 0. The maximum atomic E-state index is 6.26. The van der Waals surface area contributed by atoms with Gasteiger partial charge in [0.2, 0.25) is 0 Å². The predicted molar refractivity (Wildman–Crippen MR) is 111 cm³/mol. The Kier molecular flexibility index (Phi) is 4.92. The highest BCUT2D eigenvalue weighted by molar-refractivity contribution is 6.11. The number of para-hydroxylation sites is 2. The van der Waals surface area contributed by atoms with Crippen LogP contribution in [0.1, 0.15) is 38.2 Å². The molecule has 3 aromatic carbocycles. The third kappa shape index (κ3) is 3.32. The predicted octanol–water partition coefficient (Wildman–Crippen LogP) is 7.45. The van der Waals surface area contributed by atoms with Gasteiger partial charge in [-0.2, -0.15) is 0 Å². The lowest BCUT2D eigenvalue weighted by Gasteiger charge is -2.10. The van der Waals surface area contributed by atoms with Gasteiger partial charge in [0.15, 0.2) is 5.58 Å². The molecule has 0 bridgehead atoms. The highest BCUT2D eigenvalue weighted by Crippen LogP contribution is 2.37. The zero-order valence-corrected chi connectivity index (χ0v) is 15.3. The van der Waals surface area contributed by atoms with Gasteiger partial charge in [0.05, 0.1) is 5.69 Å². The summed E-state index contributed by atoms with van der Waals surface area (Å²) in [5.74, 6) is 0. The van der Waals surface area contributed by atoms with E-state index < -0.39 is 0 Å². The minimum Gasteiger partial charge on any atom is -0.454 e. The fraction of sp³-hybridized carbons (Fsp3) is 0.250. The normalized spacial score (nSPS) is 11.3. The number of furan rings is 1. The van der Waals surface area contributed by atoms with Gasteiger partial charge in [0.25, 0.3) is 0 Å². The van der Waals surface area contributed by atoms with Crippen LogP contribution >= 0.6 is 0 Å². The fourth-order valence-electron chi connectivity index (χ4n) is 3.62. The molecule has 0 atom stereocenters. The van der Waals surface area contributed by atoms with E-state index in [1.165, 1.54) is 42.0 Å². The standard InChI is InChI=1S/C24H25NO/c1-2-3-4-6-11-18-16-17-21(25-19-12-7-5-8-13-19)24-23(18)20-14-9-10-15-22(20)26-24/h5,7-10,12-17,25H,2-4,6,11H2,1H3. The fourth-order valence-corrected chi connectivity index (χ4v) is 3.62. The van der Waals surface area contributed by atoms with E-state index in [2.05, 4.69) is 54.7 Å². The summed E-state index contributed by atoms with van der Waals surface area (Å²) in [6.07, 6.45) is 6.20. The molecule has 1 N–H and O–H groups in total. The third-order valence-corrected chi connectivity index (χ3v) is 4.96. The van der Waals surface area contributed by atoms with Crippen molar-refractivity contribution in [1.82, 2.24) is 0 Å². The largest absolute Gasteiger partial charge is 0.454 e. The van der Waals surface area contributed by atoms with E-state index in [1.54, 1.807) is 0 Å². The van der Waals surface area contributed by atoms with Gasteiger partial charge in [-0.25, -0.2) is 0 Å². The van der Waals surface area contributed by atoms with Gasteiger partial charge in [-0.3, -0.25) is 0 Å². The lowest BCUT2D eigenvalue weighted by Crippen LogP contribution is -1.93. The second kappa shape index (κ2) is 7.65. The Morgan fingerprint density at radius 1 is 0.808 bits per heavy atom. The van der Waals surface area contributed by atoms with Crippen molar-refractivity contribution in [1.29, 1.82) is 0 Å². The summed E-state index contributed by atoms with van der Waals surface area (Å²) in [6.45, 7) is 2.26. The van der Waals surface area contributed by atoms with Crippen molar-refractivity contribution in [2.24, 2.45) is 0 Å². The zero-order valence-electron chi connectivity index (χ0n) is 15.3. The van der Waals surface area contributed by atoms with E-state index in [0.717, 1.165) is 29.0 Å². The number of aryl methyl sites for hydroxylation is 1. The molecule has 0 aliphatic heterocycles. The molecule has 1 heterocycles. The third-order valence-electron chi connectivity index (χ3n) is 4.96. The first-order chi connectivity index (χ1) is 12.9. The highest BCUT2D eigenvalue weighted by Gasteiger charge is 2.14. The monoisotopic (exact) mass is 343 g/mol. The summed E-state index contributed by atoms with van der Waals surface area (Å²) >= 11 is 0. The number of anilines is 2. The summed E-state index contributed by atoms with van der Waals surface area (Å²) in [5, 5.41) is 5.99. The summed E-state index contributed by atoms with van der Waals surface area (Å²) in [6, 6.07) is 23.0. The molecule has 4 rings (SSSR count). The number of hydrogen-bond acceptors (Lipinski definition) is 2. The van der Waals surface area contributed by atoms with Crippen LogP contribution in [0.3, 0.4) is 0 Å². The van der Waals surface area contributed by atoms with Crippen molar-refractivity contribution in [3.8, 4) is 0 Å². The summed E-state index contributed by atoms with van der Waals surface area (Å²) in [5.41, 5.74) is 5.41. The summed E-state index contributed by atoms with van der Waals surface area (Å²) in [4.78, 5) is 0. The molecule has 1 aromatic heterocycles. The number of fused-ring (bicyclic) bond motifs is 3. The topological polar surface area (TPSA) is 25.2 Å². The summed E-state index contributed by atoms with van der Waals surface area (Å²) < 4.78 is 6.26. The van der Waals surface area contributed by atoms with Gasteiger partial charge in [-0.15, -0.1) is 0 Å². The Balaban J connectivity index is 1.77. The van der Waals surface area contributed by atoms with Gasteiger partial charge < -0.3 is 9.73 Å². The first-order valence-corrected chi connectivity index (χ1v) is 9.62. The Bertz CT molecular complexity index is 1000. The van der Waals surface area contributed by atoms with Gasteiger partial charge in [-0.1, -0.05) is 68.7 Å². The van der Waals surface area contributed by atoms with Crippen LogP contribution < -0.4 is 5.32 Å². The average Bonchev–Trinajstić information content (AvgIpc) is 3.08. The van der Waals surface area contributed by atoms with E-state index in [9.17, 15) is 0 Å². The maximum Gasteiger partial charge on any atom is 0.159 e. The second-order valence-corrected chi connectivity index (χ2v) is 6.88. The highest BCUT2D eigenvalue weighted by atomic mass is 16.3. The molecule has 0 spiro atoms. The van der Waals surface area contributed by atoms with Gasteiger partial charge in [0, 0.05) is 16.5 Å². The molecule has 0 saturated carbocycles. The lowest BCUT2D eigenvalue weighted by atomic mass is 9.99.